The Hall–Kier alpha value is -14.4. The second-order valence-electron chi connectivity index (χ2n) is 34.4. The van der Waals surface area contributed by atoms with Crippen LogP contribution < -0.4 is 26.2 Å². The summed E-state index contributed by atoms with van der Waals surface area (Å²) in [5, 5.41) is 23.3. The molecule has 6 heterocycles. The molecule has 19 aromatic rings. The van der Waals surface area contributed by atoms with Crippen molar-refractivity contribution < 1.29 is 19.2 Å². The van der Waals surface area contributed by atoms with Gasteiger partial charge in [0.05, 0.1) is 86.9 Å². The van der Waals surface area contributed by atoms with Crippen molar-refractivity contribution in [2.45, 2.75) is 78.6 Å². The average molecular weight is 1530 g/mol. The zero-order chi connectivity index (χ0) is 92.1. The van der Waals surface area contributed by atoms with Gasteiger partial charge in [-0.15, -0.1) is 0 Å². The predicted molar refractivity (Wildman–Crippen MR) is 495 cm³/mol. The SMILES string of the molecule is [2H]c1c([2H])c([2H])c2c(c1[2H])c1c([2H])c(C#N)c([2H])c([2H])c1n2-c1ccc2c(c1)N1c3cc(C(C)(C)C)cc4c3B2c2ccc(-n3c5c([2H])c([2H])c([2H])c([2H])c5c5c([2H])c(C#N)c([2H])c([2H])c53)cc2N4c2c(-c3ccccc3)cc(C(C)(C)C)cc2-c2cccc(c2)-c2ccc3c(c2)c2cc(ccc2n3-c2ccccc2)-c2cccc(c2)-c2cc(C(C)(C)C)cc(-c3ccccc3)c21. The third-order valence-corrected chi connectivity index (χ3v) is 24.3. The van der Waals surface area contributed by atoms with E-state index >= 15 is 0 Å². The first-order chi connectivity index (χ1) is 63.2. The van der Waals surface area contributed by atoms with Crippen LogP contribution in [-0.2, 0) is 16.2 Å². The maximum absolute atomic E-state index is 10.8. The van der Waals surface area contributed by atoms with Gasteiger partial charge in [-0.3, -0.25) is 0 Å². The minimum absolute atomic E-state index is 0.0770. The third-order valence-electron chi connectivity index (χ3n) is 24.3. The number of rotatable bonds is 5. The Kier molecular flexibility index (Phi) is 12.5. The lowest BCUT2D eigenvalue weighted by atomic mass is 9.33. The lowest BCUT2D eigenvalue weighted by molar-refractivity contribution is 0.590. The molecule has 3 aliphatic heterocycles. The summed E-state index contributed by atoms with van der Waals surface area (Å²) < 4.78 is 142. The van der Waals surface area contributed by atoms with Crippen LogP contribution in [0.1, 0.15) is 109 Å². The van der Waals surface area contributed by atoms with E-state index in [-0.39, 0.29) is 55.0 Å². The van der Waals surface area contributed by atoms with Gasteiger partial charge < -0.3 is 23.5 Å². The summed E-state index contributed by atoms with van der Waals surface area (Å²) in [6, 6.07) is 84.5. The Morgan fingerprint density at radius 1 is 0.288 bits per heavy atom. The summed E-state index contributed by atoms with van der Waals surface area (Å²) >= 11 is 0. The summed E-state index contributed by atoms with van der Waals surface area (Å²) in [4.78, 5) is 4.73. The number of aromatic nitrogens is 3. The minimum Gasteiger partial charge on any atom is -0.310 e. The molecule has 3 aromatic heterocycles. The Morgan fingerprint density at radius 2 is 0.653 bits per heavy atom. The Bertz CT molecular complexity index is 8030. The molecule has 0 saturated carbocycles. The first-order valence-corrected chi connectivity index (χ1v) is 40.0. The highest BCUT2D eigenvalue weighted by Crippen LogP contribution is 2.57. The van der Waals surface area contributed by atoms with Crippen molar-refractivity contribution in [2.24, 2.45) is 0 Å². The first-order valence-electron chi connectivity index (χ1n) is 47.0. The summed E-state index contributed by atoms with van der Waals surface area (Å²) in [6.45, 7) is 19.1. The standard InChI is InChI=1S/C110H82BN7/c1-108(2,3)77-57-85(69-25-13-10-14-26-69)106-87(59-77)75-31-23-29-71(53-75)73-41-49-99-91(55-73)92-56-74(42-50-100(92)114(99)80-33-17-12-18-34-80)72-30-24-32-76(54-72)88-60-78(109(4,5)6)58-86(70-27-15-11-16-28-70)107(88)118-102-64-82(116-96-38-22-20-36-84(96)90-52-68(66-113)40-48-98(90)116)44-46-94(102)111-93-45-43-81(63-101(93)117(106)103-61-79(110(7,8)9)62-104(118)105(103)111)115-95-37-21-19-35-83(95)89-51-67(65-112)39-47-97(89)115/h10-64H,1-9H3/i19D,20D,21D,22D,35D,36D,37D,38D,39D,40D,47D,48D,51D,52D. The number of anilines is 6. The molecule has 0 spiro atoms. The van der Waals surface area contributed by atoms with E-state index in [9.17, 15) is 29.7 Å². The van der Waals surface area contributed by atoms with Crippen LogP contribution in [0.5, 0.6) is 0 Å². The second-order valence-corrected chi connectivity index (χ2v) is 34.4. The van der Waals surface area contributed by atoms with Crippen molar-refractivity contribution in [2.75, 3.05) is 9.80 Å². The number of fused-ring (bicyclic) bond motifs is 26. The van der Waals surface area contributed by atoms with E-state index in [2.05, 4.69) is 247 Å². The number of nitrogens with zero attached hydrogens (tertiary/aromatic N) is 7. The van der Waals surface area contributed by atoms with Gasteiger partial charge in [-0.05, 0) is 251 Å². The fourth-order valence-electron chi connectivity index (χ4n) is 18.5. The van der Waals surface area contributed by atoms with E-state index < -0.39 is 119 Å². The molecule has 13 bridgehead atoms. The van der Waals surface area contributed by atoms with E-state index in [4.69, 9.17) is 0 Å². The lowest BCUT2D eigenvalue weighted by Crippen LogP contribution is -2.61. The van der Waals surface area contributed by atoms with E-state index in [1.165, 1.54) is 0 Å². The van der Waals surface area contributed by atoms with Gasteiger partial charge in [-0.1, -0.05) is 238 Å². The van der Waals surface area contributed by atoms with Crippen LogP contribution in [0.2, 0.25) is 0 Å². The number of hydrogen-bond acceptors (Lipinski definition) is 4. The van der Waals surface area contributed by atoms with Gasteiger partial charge in [-0.25, -0.2) is 0 Å². The molecule has 16 aromatic carbocycles. The van der Waals surface area contributed by atoms with E-state index in [0.717, 1.165) is 139 Å². The quantitative estimate of drug-likeness (QED) is 0.161. The normalized spacial score (nSPS) is 14.6. The molecular formula is C110H82BN7. The lowest BCUT2D eigenvalue weighted by Gasteiger charge is -2.47. The molecule has 560 valence electrons. The fourth-order valence-corrected chi connectivity index (χ4v) is 18.5. The Balaban J connectivity index is 0.981. The molecule has 3 aliphatic rings. The van der Waals surface area contributed by atoms with Gasteiger partial charge in [0.15, 0.2) is 0 Å². The van der Waals surface area contributed by atoms with Gasteiger partial charge >= 0.3 is 0 Å². The predicted octanol–water partition coefficient (Wildman–Crippen LogP) is 27.0. The van der Waals surface area contributed by atoms with E-state index in [0.29, 0.717) is 22.3 Å². The van der Waals surface area contributed by atoms with Crippen LogP contribution in [0.4, 0.5) is 34.1 Å². The summed E-state index contributed by atoms with van der Waals surface area (Å²) in [5.74, 6) is 0. The van der Waals surface area contributed by atoms with Crippen LogP contribution in [0.15, 0.2) is 333 Å². The number of nitriles is 2. The maximum atomic E-state index is 10.8. The van der Waals surface area contributed by atoms with Gasteiger partial charge in [0.1, 0.15) is 0 Å². The molecule has 8 heteroatoms. The molecule has 0 N–H and O–H groups in total. The number of hydrogen-bond donors (Lipinski definition) is 0. The van der Waals surface area contributed by atoms with Crippen LogP contribution in [0, 0.1) is 22.7 Å². The topological polar surface area (TPSA) is 68.8 Å². The van der Waals surface area contributed by atoms with E-state index in [1.54, 1.807) is 9.13 Å². The third kappa shape index (κ3) is 10.9. The minimum atomic E-state index is -0.821. The van der Waals surface area contributed by atoms with Crippen LogP contribution in [0.25, 0.3) is 149 Å². The largest absolute Gasteiger partial charge is 0.310 e. The molecule has 0 saturated heterocycles. The van der Waals surface area contributed by atoms with Crippen LogP contribution in [0.3, 0.4) is 0 Å². The van der Waals surface area contributed by atoms with Gasteiger partial charge in [-0.2, -0.15) is 10.5 Å². The Labute approximate surface area is 707 Å². The monoisotopic (exact) mass is 1530 g/mol. The van der Waals surface area contributed by atoms with Gasteiger partial charge in [0, 0.05) is 94.4 Å². The van der Waals surface area contributed by atoms with Crippen LogP contribution in [-0.4, -0.2) is 20.4 Å². The highest BCUT2D eigenvalue weighted by molar-refractivity contribution is 7.00. The summed E-state index contributed by atoms with van der Waals surface area (Å²) in [5.41, 5.74) is 20.7. The molecule has 0 aliphatic carbocycles. The molecule has 7 nitrogen and oxygen atoms in total. The molecule has 0 fully saturated rings. The zero-order valence-corrected chi connectivity index (χ0v) is 66.4. The molecular weight excluding hydrogens is 1430 g/mol. The van der Waals surface area contributed by atoms with Crippen molar-refractivity contribution in [3.8, 4) is 96.0 Å². The maximum Gasteiger partial charge on any atom is 0.252 e. The van der Waals surface area contributed by atoms with Gasteiger partial charge in [0.25, 0.3) is 6.71 Å². The summed E-state index contributed by atoms with van der Waals surface area (Å²) in [6.07, 6.45) is 0. The molecule has 0 radical (unpaired) electrons. The van der Waals surface area contributed by atoms with Crippen molar-refractivity contribution >= 4 is 123 Å². The molecule has 22 rings (SSSR count). The smallest absolute Gasteiger partial charge is 0.252 e. The van der Waals surface area contributed by atoms with Crippen molar-refractivity contribution in [1.82, 2.24) is 13.7 Å². The fraction of sp³-hybridized carbons (Fsp3) is 0.109. The Morgan fingerprint density at radius 3 is 1.08 bits per heavy atom. The summed E-state index contributed by atoms with van der Waals surface area (Å²) in [7, 11) is 0. The highest BCUT2D eigenvalue weighted by Gasteiger charge is 2.47. The van der Waals surface area contributed by atoms with Gasteiger partial charge in [0.2, 0.25) is 0 Å². The number of benzene rings is 16. The van der Waals surface area contributed by atoms with Crippen LogP contribution >= 0.6 is 0 Å². The van der Waals surface area contributed by atoms with Crippen molar-refractivity contribution in [1.29, 1.82) is 10.5 Å². The van der Waals surface area contributed by atoms with E-state index in [1.807, 2.05) is 91.0 Å². The second kappa shape index (κ2) is 26.0. The molecule has 118 heavy (non-hydrogen) atoms. The first kappa shape index (κ1) is 56.7. The molecule has 0 unspecified atom stereocenters. The zero-order valence-electron chi connectivity index (χ0n) is 80.4. The average Bonchev–Trinajstić information content (AvgIpc) is 0.947. The molecule has 0 atom stereocenters. The van der Waals surface area contributed by atoms with Crippen molar-refractivity contribution in [3.63, 3.8) is 0 Å². The van der Waals surface area contributed by atoms with Crippen molar-refractivity contribution in [3.05, 3.63) is 361 Å². The number of para-hydroxylation sites is 3. The molecule has 0 amide bonds. The highest BCUT2D eigenvalue weighted by atomic mass is 15.2.